The molecule has 0 saturated heterocycles. The van der Waals surface area contributed by atoms with Gasteiger partial charge in [-0.2, -0.15) is 8.78 Å². The molecular formula is C23H25F2N3O3. The van der Waals surface area contributed by atoms with Gasteiger partial charge in [-0.15, -0.1) is 0 Å². The Bertz CT molecular complexity index is 1000. The Hall–Kier alpha value is -3.16. The number of guanidine groups is 1. The number of carbonyl (C=O) groups excluding carboxylic acids is 1. The van der Waals surface area contributed by atoms with Gasteiger partial charge in [0.15, 0.2) is 0 Å². The van der Waals surface area contributed by atoms with Gasteiger partial charge in [0.1, 0.15) is 22.8 Å². The molecule has 2 N–H and O–H groups in total. The van der Waals surface area contributed by atoms with E-state index in [0.29, 0.717) is 29.8 Å². The molecule has 0 bridgehead atoms. The summed E-state index contributed by atoms with van der Waals surface area (Å²) >= 11 is 0. The Morgan fingerprint density at radius 1 is 1.13 bits per heavy atom. The molecule has 1 saturated carbocycles. The van der Waals surface area contributed by atoms with E-state index in [9.17, 15) is 13.6 Å². The van der Waals surface area contributed by atoms with Gasteiger partial charge in [0, 0.05) is 13.5 Å². The van der Waals surface area contributed by atoms with Crippen LogP contribution in [-0.2, 0) is 4.79 Å². The Morgan fingerprint density at radius 3 is 2.61 bits per heavy atom. The molecule has 0 unspecified atom stereocenters. The van der Waals surface area contributed by atoms with Crippen molar-refractivity contribution in [3.63, 3.8) is 0 Å². The summed E-state index contributed by atoms with van der Waals surface area (Å²) < 4.78 is 36.2. The first-order chi connectivity index (χ1) is 14.8. The molecule has 4 rings (SSSR count). The van der Waals surface area contributed by atoms with E-state index < -0.39 is 6.61 Å². The van der Waals surface area contributed by atoms with Crippen molar-refractivity contribution in [2.24, 2.45) is 10.7 Å². The number of nitrogens with two attached hydrogens (primary N) is 1. The van der Waals surface area contributed by atoms with Crippen LogP contribution in [0.3, 0.4) is 0 Å². The summed E-state index contributed by atoms with van der Waals surface area (Å²) in [6.07, 6.45) is 4.85. The van der Waals surface area contributed by atoms with Crippen molar-refractivity contribution in [1.29, 1.82) is 0 Å². The van der Waals surface area contributed by atoms with Gasteiger partial charge in [-0.3, -0.25) is 9.69 Å². The predicted molar refractivity (Wildman–Crippen MR) is 114 cm³/mol. The van der Waals surface area contributed by atoms with E-state index >= 15 is 0 Å². The molecule has 8 heteroatoms. The SMILES string of the molecule is CN1C(=O)CCC2(CCCC2)Oc2ccc(-c3cccc(OC(F)F)c3)cc2N=C1N. The lowest BCUT2D eigenvalue weighted by Crippen LogP contribution is -2.41. The lowest BCUT2D eigenvalue weighted by atomic mass is 9.94. The molecule has 1 spiro atoms. The average Bonchev–Trinajstić information content (AvgIpc) is 3.20. The zero-order valence-electron chi connectivity index (χ0n) is 17.3. The molecule has 2 aromatic carbocycles. The van der Waals surface area contributed by atoms with Crippen LogP contribution in [0.2, 0.25) is 0 Å². The van der Waals surface area contributed by atoms with Crippen LogP contribution in [0.1, 0.15) is 38.5 Å². The summed E-state index contributed by atoms with van der Waals surface area (Å²) in [6.45, 7) is -2.90. The maximum absolute atomic E-state index is 12.6. The Morgan fingerprint density at radius 2 is 1.87 bits per heavy atom. The van der Waals surface area contributed by atoms with E-state index in [1.165, 1.54) is 17.0 Å². The van der Waals surface area contributed by atoms with Gasteiger partial charge in [0.05, 0.1) is 0 Å². The van der Waals surface area contributed by atoms with E-state index in [2.05, 4.69) is 9.73 Å². The van der Waals surface area contributed by atoms with Crippen molar-refractivity contribution >= 4 is 17.6 Å². The first-order valence-electron chi connectivity index (χ1n) is 10.3. The average molecular weight is 429 g/mol. The molecule has 0 aromatic heterocycles. The monoisotopic (exact) mass is 429 g/mol. The minimum absolute atomic E-state index is 0.0713. The minimum atomic E-state index is -2.90. The van der Waals surface area contributed by atoms with Crippen LogP contribution in [0.15, 0.2) is 47.5 Å². The highest BCUT2D eigenvalue weighted by atomic mass is 19.3. The van der Waals surface area contributed by atoms with E-state index in [1.807, 2.05) is 12.1 Å². The van der Waals surface area contributed by atoms with Crippen LogP contribution in [0.5, 0.6) is 11.5 Å². The molecule has 6 nitrogen and oxygen atoms in total. The smallest absolute Gasteiger partial charge is 0.387 e. The van der Waals surface area contributed by atoms with Crippen LogP contribution < -0.4 is 15.2 Å². The largest absolute Gasteiger partial charge is 0.485 e. The van der Waals surface area contributed by atoms with Gasteiger partial charge in [-0.1, -0.05) is 18.2 Å². The summed E-state index contributed by atoms with van der Waals surface area (Å²) in [4.78, 5) is 18.4. The highest BCUT2D eigenvalue weighted by Gasteiger charge is 2.38. The molecule has 164 valence electrons. The van der Waals surface area contributed by atoms with E-state index in [1.54, 1.807) is 25.2 Å². The number of hydrogen-bond donors (Lipinski definition) is 1. The second-order valence-electron chi connectivity index (χ2n) is 8.00. The van der Waals surface area contributed by atoms with Crippen LogP contribution in [-0.4, -0.2) is 36.0 Å². The minimum Gasteiger partial charge on any atom is -0.485 e. The normalized spacial score (nSPS) is 18.5. The Balaban J connectivity index is 1.76. The van der Waals surface area contributed by atoms with Crippen LogP contribution >= 0.6 is 0 Å². The number of nitrogens with zero attached hydrogens (tertiary/aromatic N) is 2. The van der Waals surface area contributed by atoms with Crippen molar-refractivity contribution in [1.82, 2.24) is 4.90 Å². The van der Waals surface area contributed by atoms with Gasteiger partial charge < -0.3 is 15.2 Å². The molecule has 1 aliphatic heterocycles. The lowest BCUT2D eigenvalue weighted by molar-refractivity contribution is -0.127. The zero-order valence-corrected chi connectivity index (χ0v) is 17.3. The predicted octanol–water partition coefficient (Wildman–Crippen LogP) is 4.85. The Kier molecular flexibility index (Phi) is 5.80. The summed E-state index contributed by atoms with van der Waals surface area (Å²) in [5, 5.41) is 0. The number of fused-ring (bicyclic) bond motifs is 1. The third kappa shape index (κ3) is 4.62. The quantitative estimate of drug-likeness (QED) is 0.757. The second kappa shape index (κ2) is 8.53. The standard InChI is InChI=1S/C23H25F2N3O3/c1-28-20(29)9-12-23(10-2-3-11-23)31-19-8-7-16(14-18(19)27-22(28)26)15-5-4-6-17(13-15)30-21(24)25/h4-8,13-14,21H,2-3,9-12H2,1H3,(H2,26,27). The van der Waals surface area contributed by atoms with E-state index in [-0.39, 0.29) is 23.2 Å². The van der Waals surface area contributed by atoms with E-state index in [4.69, 9.17) is 10.5 Å². The summed E-state index contributed by atoms with van der Waals surface area (Å²) in [5.41, 5.74) is 7.61. The van der Waals surface area contributed by atoms with Gasteiger partial charge in [0.2, 0.25) is 11.9 Å². The number of rotatable bonds is 3. The third-order valence-electron chi connectivity index (χ3n) is 5.94. The lowest BCUT2D eigenvalue weighted by Gasteiger charge is -2.32. The molecule has 0 radical (unpaired) electrons. The highest BCUT2D eigenvalue weighted by Crippen LogP contribution is 2.43. The number of alkyl halides is 2. The van der Waals surface area contributed by atoms with Gasteiger partial charge in [-0.05, 0) is 67.5 Å². The number of hydrogen-bond acceptors (Lipinski definition) is 5. The van der Waals surface area contributed by atoms with Crippen molar-refractivity contribution in [3.05, 3.63) is 42.5 Å². The molecule has 2 aromatic rings. The summed E-state index contributed by atoms with van der Waals surface area (Å²) in [5.74, 6) is 0.634. The third-order valence-corrected chi connectivity index (χ3v) is 5.94. The van der Waals surface area contributed by atoms with Gasteiger partial charge in [0.25, 0.3) is 0 Å². The second-order valence-corrected chi connectivity index (χ2v) is 8.00. The molecular weight excluding hydrogens is 404 g/mol. The number of benzene rings is 2. The molecule has 31 heavy (non-hydrogen) atoms. The number of aliphatic imine (C=N–C) groups is 1. The van der Waals surface area contributed by atoms with Crippen LogP contribution in [0, 0.1) is 0 Å². The fourth-order valence-electron chi connectivity index (χ4n) is 4.21. The van der Waals surface area contributed by atoms with Gasteiger partial charge >= 0.3 is 6.61 Å². The zero-order chi connectivity index (χ0) is 22.0. The number of ether oxygens (including phenoxy) is 2. The molecule has 1 amide bonds. The number of carbonyl (C=O) groups is 1. The molecule has 0 atom stereocenters. The molecule has 1 aliphatic carbocycles. The summed E-state index contributed by atoms with van der Waals surface area (Å²) in [6, 6.07) is 11.9. The van der Waals surface area contributed by atoms with Crippen molar-refractivity contribution in [2.75, 3.05) is 7.05 Å². The number of halogens is 2. The first kappa shape index (κ1) is 21.1. The van der Waals surface area contributed by atoms with E-state index in [0.717, 1.165) is 31.2 Å². The number of amides is 1. The topological polar surface area (TPSA) is 77.2 Å². The highest BCUT2D eigenvalue weighted by molar-refractivity contribution is 5.97. The van der Waals surface area contributed by atoms with Crippen LogP contribution in [0.25, 0.3) is 11.1 Å². The fraction of sp³-hybridized carbons (Fsp3) is 0.391. The van der Waals surface area contributed by atoms with Crippen molar-refractivity contribution in [3.8, 4) is 22.6 Å². The van der Waals surface area contributed by atoms with Gasteiger partial charge in [-0.25, -0.2) is 4.99 Å². The maximum Gasteiger partial charge on any atom is 0.387 e. The molecule has 2 aliphatic rings. The Labute approximate surface area is 179 Å². The van der Waals surface area contributed by atoms with Crippen molar-refractivity contribution in [2.45, 2.75) is 50.7 Å². The molecule has 1 heterocycles. The van der Waals surface area contributed by atoms with Crippen LogP contribution in [0.4, 0.5) is 14.5 Å². The molecule has 1 fully saturated rings. The van der Waals surface area contributed by atoms with Crippen molar-refractivity contribution < 1.29 is 23.0 Å². The first-order valence-corrected chi connectivity index (χ1v) is 10.3. The maximum atomic E-state index is 12.6. The fourth-order valence-corrected chi connectivity index (χ4v) is 4.21. The summed E-state index contributed by atoms with van der Waals surface area (Å²) in [7, 11) is 1.61.